The summed E-state index contributed by atoms with van der Waals surface area (Å²) in [5.41, 5.74) is 2.71. The first-order valence-corrected chi connectivity index (χ1v) is 10.4. The summed E-state index contributed by atoms with van der Waals surface area (Å²) < 4.78 is 2.17. The van der Waals surface area contributed by atoms with Crippen LogP contribution in [0.1, 0.15) is 20.3 Å². The number of carbonyl (C=O) groups excluding carboxylic acids is 1. The van der Waals surface area contributed by atoms with E-state index in [0.29, 0.717) is 10.3 Å². The maximum Gasteiger partial charge on any atom is 0.239 e. The smallest absolute Gasteiger partial charge is 0.239 e. The number of amides is 1. The van der Waals surface area contributed by atoms with Gasteiger partial charge in [-0.1, -0.05) is 36.9 Å². The van der Waals surface area contributed by atoms with Gasteiger partial charge in [0.1, 0.15) is 5.52 Å². The Hall–Kier alpha value is -2.52. The van der Waals surface area contributed by atoms with E-state index in [4.69, 9.17) is 4.98 Å². The molecule has 0 aliphatic heterocycles. The van der Waals surface area contributed by atoms with Crippen LogP contribution in [-0.2, 0) is 11.3 Å². The van der Waals surface area contributed by atoms with E-state index in [1.54, 1.807) is 6.20 Å². The largest absolute Gasteiger partial charge is 0.324 e. The number of rotatable bonds is 6. The highest BCUT2D eigenvalue weighted by molar-refractivity contribution is 8.00. The van der Waals surface area contributed by atoms with E-state index in [1.165, 1.54) is 23.1 Å². The van der Waals surface area contributed by atoms with Crippen LogP contribution < -0.4 is 5.32 Å². The molecule has 9 heteroatoms. The number of aryl methyl sites for hydroxylation is 1. The summed E-state index contributed by atoms with van der Waals surface area (Å²) in [7, 11) is 0. The fraction of sp³-hybridized carbons (Fsp3) is 0.278. The van der Waals surface area contributed by atoms with Gasteiger partial charge in [0.25, 0.3) is 0 Å². The summed E-state index contributed by atoms with van der Waals surface area (Å²) in [6.45, 7) is 4.81. The number of para-hydroxylation sites is 1. The maximum absolute atomic E-state index is 12.3. The lowest BCUT2D eigenvalue weighted by molar-refractivity contribution is -0.115. The third-order valence-corrected chi connectivity index (χ3v) is 5.76. The van der Waals surface area contributed by atoms with Gasteiger partial charge in [-0.2, -0.15) is 0 Å². The highest BCUT2D eigenvalue weighted by Crippen LogP contribution is 2.28. The van der Waals surface area contributed by atoms with E-state index >= 15 is 0 Å². The third kappa shape index (κ3) is 3.52. The van der Waals surface area contributed by atoms with Crippen LogP contribution in [0.2, 0.25) is 0 Å². The van der Waals surface area contributed by atoms with E-state index in [1.807, 2.05) is 30.5 Å². The first-order chi connectivity index (χ1) is 13.2. The number of fused-ring (bicyclic) bond motifs is 3. The third-order valence-electron chi connectivity index (χ3n) is 4.12. The quantitative estimate of drug-likeness (QED) is 0.495. The van der Waals surface area contributed by atoms with Gasteiger partial charge in [0.05, 0.1) is 10.8 Å². The van der Waals surface area contributed by atoms with Crippen molar-refractivity contribution < 1.29 is 4.79 Å². The van der Waals surface area contributed by atoms with Crippen LogP contribution in [0.4, 0.5) is 5.13 Å². The van der Waals surface area contributed by atoms with Crippen LogP contribution in [-0.4, -0.2) is 35.9 Å². The topological polar surface area (TPSA) is 85.6 Å². The number of nitrogens with one attached hydrogen (secondary N) is 1. The molecular formula is C18H18N6OS2. The molecule has 0 radical (unpaired) electrons. The first kappa shape index (κ1) is 17.9. The number of carbonyl (C=O) groups is 1. The molecule has 138 valence electrons. The minimum Gasteiger partial charge on any atom is -0.324 e. The van der Waals surface area contributed by atoms with Crippen molar-refractivity contribution in [1.29, 1.82) is 0 Å². The fourth-order valence-corrected chi connectivity index (χ4v) is 4.13. The molecule has 0 spiro atoms. The number of hydrogen-bond acceptors (Lipinski definition) is 7. The summed E-state index contributed by atoms with van der Waals surface area (Å²) >= 11 is 2.68. The van der Waals surface area contributed by atoms with Crippen LogP contribution in [0, 0.1) is 0 Å². The van der Waals surface area contributed by atoms with E-state index in [-0.39, 0.29) is 11.2 Å². The molecular weight excluding hydrogens is 380 g/mol. The molecule has 1 aromatic carbocycles. The van der Waals surface area contributed by atoms with Gasteiger partial charge in [0.15, 0.2) is 10.8 Å². The monoisotopic (exact) mass is 398 g/mol. The average molecular weight is 399 g/mol. The lowest BCUT2D eigenvalue weighted by atomic mass is 10.2. The Morgan fingerprint density at radius 1 is 1.33 bits per heavy atom. The first-order valence-electron chi connectivity index (χ1n) is 8.66. The predicted octanol–water partition coefficient (Wildman–Crippen LogP) is 3.97. The molecule has 27 heavy (non-hydrogen) atoms. The Labute approximate surface area is 164 Å². The van der Waals surface area contributed by atoms with Crippen molar-refractivity contribution in [3.8, 4) is 0 Å². The standard InChI is InChI=1S/C18H18N6OS2/c1-3-9-24-13-7-5-4-6-12(13)14-15(24)20-18(23-22-14)27-11(2)16(25)21-17-19-8-10-26-17/h4-8,10-11H,3,9H2,1-2H3,(H,19,21,25). The maximum atomic E-state index is 12.3. The second kappa shape index (κ2) is 7.61. The SMILES string of the molecule is CCCn1c2ccccc2c2nnc(SC(C)C(=O)Nc3nccs3)nc21. The molecule has 7 nitrogen and oxygen atoms in total. The number of thiazole rings is 1. The van der Waals surface area contributed by atoms with Crippen molar-refractivity contribution in [2.45, 2.75) is 37.2 Å². The van der Waals surface area contributed by atoms with Gasteiger partial charge in [-0.25, -0.2) is 9.97 Å². The number of aromatic nitrogens is 5. The minimum absolute atomic E-state index is 0.132. The lowest BCUT2D eigenvalue weighted by Gasteiger charge is -2.09. The Morgan fingerprint density at radius 3 is 2.96 bits per heavy atom. The molecule has 1 atom stereocenters. The zero-order valence-electron chi connectivity index (χ0n) is 14.9. The van der Waals surface area contributed by atoms with Crippen molar-refractivity contribution in [1.82, 2.24) is 24.7 Å². The summed E-state index contributed by atoms with van der Waals surface area (Å²) in [6, 6.07) is 8.12. The Morgan fingerprint density at radius 2 is 2.19 bits per heavy atom. The van der Waals surface area contributed by atoms with Gasteiger partial charge in [-0.3, -0.25) is 4.79 Å². The number of thioether (sulfide) groups is 1. The van der Waals surface area contributed by atoms with E-state index < -0.39 is 0 Å². The number of nitrogens with zero attached hydrogens (tertiary/aromatic N) is 5. The molecule has 1 amide bonds. The van der Waals surface area contributed by atoms with Crippen LogP contribution >= 0.6 is 23.1 Å². The van der Waals surface area contributed by atoms with Crippen molar-refractivity contribution in [2.75, 3.05) is 5.32 Å². The molecule has 0 saturated carbocycles. The average Bonchev–Trinajstić information content (AvgIpc) is 3.29. The van der Waals surface area contributed by atoms with E-state index in [9.17, 15) is 4.79 Å². The summed E-state index contributed by atoms with van der Waals surface area (Å²) in [5, 5.41) is 15.0. The summed E-state index contributed by atoms with van der Waals surface area (Å²) in [6.07, 6.45) is 2.65. The highest BCUT2D eigenvalue weighted by Gasteiger charge is 2.19. The zero-order valence-corrected chi connectivity index (χ0v) is 16.5. The predicted molar refractivity (Wildman–Crippen MR) is 109 cm³/mol. The second-order valence-electron chi connectivity index (χ2n) is 6.02. The molecule has 0 bridgehead atoms. The van der Waals surface area contributed by atoms with Crippen LogP contribution in [0.5, 0.6) is 0 Å². The minimum atomic E-state index is -0.364. The fourth-order valence-electron chi connectivity index (χ4n) is 2.89. The normalized spacial score (nSPS) is 12.5. The molecule has 0 aliphatic carbocycles. The van der Waals surface area contributed by atoms with Crippen LogP contribution in [0.3, 0.4) is 0 Å². The summed E-state index contributed by atoms with van der Waals surface area (Å²) in [5.74, 6) is -0.132. The Bertz CT molecular complexity index is 1090. The molecule has 0 fully saturated rings. The van der Waals surface area contributed by atoms with Crippen molar-refractivity contribution in [3.63, 3.8) is 0 Å². The number of hydrogen-bond donors (Lipinski definition) is 1. The number of anilines is 1. The van der Waals surface area contributed by atoms with E-state index in [0.717, 1.165) is 35.0 Å². The van der Waals surface area contributed by atoms with Gasteiger partial charge in [0, 0.05) is 23.5 Å². The Balaban J connectivity index is 1.63. The van der Waals surface area contributed by atoms with Crippen LogP contribution in [0.25, 0.3) is 22.1 Å². The summed E-state index contributed by atoms with van der Waals surface area (Å²) in [4.78, 5) is 21.1. The van der Waals surface area contributed by atoms with Gasteiger partial charge < -0.3 is 9.88 Å². The van der Waals surface area contributed by atoms with Gasteiger partial charge in [0.2, 0.25) is 11.1 Å². The lowest BCUT2D eigenvalue weighted by Crippen LogP contribution is -2.22. The van der Waals surface area contributed by atoms with E-state index in [2.05, 4.69) is 38.1 Å². The van der Waals surface area contributed by atoms with Crippen molar-refractivity contribution >= 4 is 56.2 Å². The van der Waals surface area contributed by atoms with Gasteiger partial charge >= 0.3 is 0 Å². The highest BCUT2D eigenvalue weighted by atomic mass is 32.2. The van der Waals surface area contributed by atoms with Crippen molar-refractivity contribution in [2.24, 2.45) is 0 Å². The van der Waals surface area contributed by atoms with Gasteiger partial charge in [-0.15, -0.1) is 21.5 Å². The molecule has 4 rings (SSSR count). The molecule has 3 aromatic heterocycles. The second-order valence-corrected chi connectivity index (χ2v) is 8.22. The van der Waals surface area contributed by atoms with Crippen LogP contribution in [0.15, 0.2) is 41.0 Å². The molecule has 0 aliphatic rings. The number of benzene rings is 1. The molecule has 4 aromatic rings. The molecule has 1 N–H and O–H groups in total. The van der Waals surface area contributed by atoms with Gasteiger partial charge in [-0.05, 0) is 19.4 Å². The molecule has 3 heterocycles. The molecule has 1 unspecified atom stereocenters. The van der Waals surface area contributed by atoms with Crippen molar-refractivity contribution in [3.05, 3.63) is 35.8 Å². The Kier molecular flexibility index (Phi) is 5.04. The zero-order chi connectivity index (χ0) is 18.8. The molecule has 0 saturated heterocycles.